The molecular weight excluding hydrogens is 164 g/mol. The Morgan fingerprint density at radius 2 is 2.50 bits per heavy atom. The normalized spacial score (nSPS) is 27.3. The van der Waals surface area contributed by atoms with Crippen molar-refractivity contribution in [2.45, 2.75) is 18.6 Å². The van der Waals surface area contributed by atoms with Gasteiger partial charge in [0.1, 0.15) is 0 Å². The van der Waals surface area contributed by atoms with E-state index >= 15 is 0 Å². The third-order valence-corrected chi connectivity index (χ3v) is 1.46. The number of aldehydes is 1. The van der Waals surface area contributed by atoms with E-state index in [-0.39, 0.29) is 6.42 Å². The molecule has 0 amide bonds. The highest BCUT2D eigenvalue weighted by Gasteiger charge is 2.36. The summed E-state index contributed by atoms with van der Waals surface area (Å²) in [4.78, 5) is 20.6. The van der Waals surface area contributed by atoms with Gasteiger partial charge in [-0.2, -0.15) is 0 Å². The minimum absolute atomic E-state index is 0.222. The van der Waals surface area contributed by atoms with Crippen LogP contribution in [0, 0.1) is 0 Å². The Morgan fingerprint density at radius 3 is 2.92 bits per heavy atom. The molecule has 0 aliphatic carbocycles. The fourth-order valence-electron chi connectivity index (χ4n) is 0.908. The first-order valence-corrected chi connectivity index (χ1v) is 3.40. The lowest BCUT2D eigenvalue weighted by Gasteiger charge is -2.27. The van der Waals surface area contributed by atoms with Crippen molar-refractivity contribution in [3.63, 3.8) is 0 Å². The van der Waals surface area contributed by atoms with Crippen LogP contribution in [-0.4, -0.2) is 23.3 Å². The van der Waals surface area contributed by atoms with Crippen LogP contribution < -0.4 is 0 Å². The monoisotopic (exact) mass is 172 g/mol. The van der Waals surface area contributed by atoms with Crippen LogP contribution in [0.3, 0.4) is 0 Å². The molecule has 0 spiro atoms. The summed E-state index contributed by atoms with van der Waals surface area (Å²) in [5, 5.41) is 8.28. The molecule has 0 aromatic heterocycles. The van der Waals surface area contributed by atoms with E-state index in [2.05, 4.69) is 4.74 Å². The Morgan fingerprint density at radius 1 is 1.75 bits per heavy atom. The van der Waals surface area contributed by atoms with Gasteiger partial charge in [0.15, 0.2) is 0 Å². The van der Waals surface area contributed by atoms with Crippen molar-refractivity contribution in [2.24, 2.45) is 0 Å². The van der Waals surface area contributed by atoms with Gasteiger partial charge >= 0.3 is 11.9 Å². The number of ether oxygens (including phenoxy) is 2. The first-order valence-electron chi connectivity index (χ1n) is 3.40. The average molecular weight is 172 g/mol. The van der Waals surface area contributed by atoms with Crippen LogP contribution in [-0.2, 0) is 14.3 Å². The Kier molecular flexibility index (Phi) is 2.32. The highest BCUT2D eigenvalue weighted by Crippen LogP contribution is 2.22. The number of rotatable bonds is 2. The van der Waals surface area contributed by atoms with Crippen molar-refractivity contribution in [3.8, 4) is 0 Å². The molecule has 1 aliphatic heterocycles. The van der Waals surface area contributed by atoms with Crippen molar-refractivity contribution in [1.29, 1.82) is 0 Å². The smallest absolute Gasteiger partial charge is 0.454 e. The molecule has 1 heterocycles. The third kappa shape index (κ3) is 1.75. The van der Waals surface area contributed by atoms with Gasteiger partial charge < -0.3 is 14.6 Å². The quantitative estimate of drug-likeness (QED) is 0.494. The van der Waals surface area contributed by atoms with Gasteiger partial charge in [-0.05, 0) is 12.5 Å². The van der Waals surface area contributed by atoms with Gasteiger partial charge in [-0.3, -0.25) is 4.79 Å². The molecule has 1 atom stereocenters. The van der Waals surface area contributed by atoms with Crippen LogP contribution in [0.2, 0.25) is 0 Å². The topological polar surface area (TPSA) is 72.8 Å². The van der Waals surface area contributed by atoms with Crippen molar-refractivity contribution < 1.29 is 24.2 Å². The standard InChI is InChI=1S/C7H8O5/c8-5-7(12-6(9)10)3-1-2-4-11-7/h2,4-5H,1,3H2,(H,9,10). The molecule has 0 saturated carbocycles. The lowest BCUT2D eigenvalue weighted by Crippen LogP contribution is -2.39. The van der Waals surface area contributed by atoms with E-state index in [0.717, 1.165) is 0 Å². The van der Waals surface area contributed by atoms with E-state index in [4.69, 9.17) is 9.84 Å². The SMILES string of the molecule is O=CC1(OC(=O)O)CCC=CO1. The van der Waals surface area contributed by atoms with Gasteiger partial charge in [0.05, 0.1) is 6.26 Å². The molecule has 0 aromatic rings. The number of carbonyl (C=O) groups is 2. The van der Waals surface area contributed by atoms with Crippen LogP contribution in [0.25, 0.3) is 0 Å². The van der Waals surface area contributed by atoms with Gasteiger partial charge in [0.25, 0.3) is 0 Å². The van der Waals surface area contributed by atoms with Crippen LogP contribution in [0.4, 0.5) is 4.79 Å². The maximum atomic E-state index is 10.5. The van der Waals surface area contributed by atoms with E-state index in [9.17, 15) is 9.59 Å². The van der Waals surface area contributed by atoms with Crippen LogP contribution in [0.5, 0.6) is 0 Å². The van der Waals surface area contributed by atoms with E-state index < -0.39 is 11.9 Å². The van der Waals surface area contributed by atoms with Crippen LogP contribution >= 0.6 is 0 Å². The highest BCUT2D eigenvalue weighted by atomic mass is 16.8. The molecule has 66 valence electrons. The average Bonchev–Trinajstić information content (AvgIpc) is 2.05. The van der Waals surface area contributed by atoms with Crippen molar-refractivity contribution in [3.05, 3.63) is 12.3 Å². The fraction of sp³-hybridized carbons (Fsp3) is 0.429. The lowest BCUT2D eigenvalue weighted by atomic mass is 10.1. The van der Waals surface area contributed by atoms with Crippen molar-refractivity contribution in [2.75, 3.05) is 0 Å². The molecule has 0 fully saturated rings. The molecule has 0 saturated heterocycles. The Labute approximate surface area is 68.6 Å². The number of carbonyl (C=O) groups excluding carboxylic acids is 1. The van der Waals surface area contributed by atoms with Crippen LogP contribution in [0.15, 0.2) is 12.3 Å². The predicted octanol–water partition coefficient (Wildman–Crippen LogP) is 0.900. The number of hydrogen-bond acceptors (Lipinski definition) is 4. The summed E-state index contributed by atoms with van der Waals surface area (Å²) >= 11 is 0. The summed E-state index contributed by atoms with van der Waals surface area (Å²) in [5.74, 6) is -1.62. The van der Waals surface area contributed by atoms with E-state index in [1.165, 1.54) is 6.26 Å². The minimum atomic E-state index is -1.62. The molecule has 1 N–H and O–H groups in total. The number of hydrogen-bond donors (Lipinski definition) is 1. The van der Waals surface area contributed by atoms with Gasteiger partial charge in [-0.15, -0.1) is 0 Å². The molecule has 0 aromatic carbocycles. The molecule has 1 rings (SSSR count). The Balaban J connectivity index is 2.68. The second-order valence-corrected chi connectivity index (χ2v) is 2.33. The first kappa shape index (κ1) is 8.58. The summed E-state index contributed by atoms with van der Waals surface area (Å²) in [6, 6.07) is 0. The van der Waals surface area contributed by atoms with Crippen molar-refractivity contribution >= 4 is 12.4 Å². The third-order valence-electron chi connectivity index (χ3n) is 1.46. The molecule has 5 nitrogen and oxygen atoms in total. The van der Waals surface area contributed by atoms with Gasteiger partial charge in [-0.1, -0.05) is 0 Å². The number of carboxylic acid groups (broad SMARTS) is 1. The fourth-order valence-corrected chi connectivity index (χ4v) is 0.908. The van der Waals surface area contributed by atoms with E-state index in [0.29, 0.717) is 12.7 Å². The highest BCUT2D eigenvalue weighted by molar-refractivity contribution is 5.67. The molecule has 0 bridgehead atoms. The second-order valence-electron chi connectivity index (χ2n) is 2.33. The van der Waals surface area contributed by atoms with Gasteiger partial charge in [0.2, 0.25) is 6.29 Å². The molecular formula is C7H8O5. The van der Waals surface area contributed by atoms with E-state index in [1.807, 2.05) is 0 Å². The van der Waals surface area contributed by atoms with Crippen LogP contribution in [0.1, 0.15) is 12.8 Å². The summed E-state index contributed by atoms with van der Waals surface area (Å²) < 4.78 is 9.08. The zero-order chi connectivity index (χ0) is 9.03. The molecule has 0 radical (unpaired) electrons. The Hall–Kier alpha value is -1.52. The summed E-state index contributed by atoms with van der Waals surface area (Å²) in [6.45, 7) is 0. The minimum Gasteiger partial charge on any atom is -0.454 e. The molecule has 5 heteroatoms. The predicted molar refractivity (Wildman–Crippen MR) is 37.4 cm³/mol. The number of allylic oxidation sites excluding steroid dienone is 1. The Bertz CT molecular complexity index is 222. The van der Waals surface area contributed by atoms with Crippen molar-refractivity contribution in [1.82, 2.24) is 0 Å². The second kappa shape index (κ2) is 3.25. The maximum Gasteiger partial charge on any atom is 0.509 e. The molecule has 12 heavy (non-hydrogen) atoms. The van der Waals surface area contributed by atoms with Gasteiger partial charge in [-0.25, -0.2) is 4.79 Å². The summed E-state index contributed by atoms with van der Waals surface area (Å²) in [5.41, 5.74) is 0. The maximum absolute atomic E-state index is 10.5. The summed E-state index contributed by atoms with van der Waals surface area (Å²) in [7, 11) is 0. The zero-order valence-corrected chi connectivity index (χ0v) is 6.23. The van der Waals surface area contributed by atoms with Gasteiger partial charge in [0, 0.05) is 6.42 Å². The molecule has 1 unspecified atom stereocenters. The zero-order valence-electron chi connectivity index (χ0n) is 6.23. The first-order chi connectivity index (χ1) is 5.68. The lowest BCUT2D eigenvalue weighted by molar-refractivity contribution is -0.183. The summed E-state index contributed by atoms with van der Waals surface area (Å²) in [6.07, 6.45) is 2.57. The largest absolute Gasteiger partial charge is 0.509 e. The molecule has 1 aliphatic rings. The van der Waals surface area contributed by atoms with E-state index in [1.54, 1.807) is 6.08 Å².